The standard InChI is InChI=1S/2C6H13N2OS.H2O4S/c2*1-8(10)4-2-6(7-9)3-5-8;1-5(2,3)4/h2*6,10H,2-5H2,1H3;(H2,1,2,3,4)/q2*+1;/p-2. The molecule has 0 saturated carbocycles. The zero-order valence-electron chi connectivity index (χ0n) is 14.4. The second-order valence-corrected chi connectivity index (χ2v) is 9.40. The molecule has 2 aliphatic heterocycles. The van der Waals surface area contributed by atoms with Crippen molar-refractivity contribution in [2.24, 2.45) is 10.4 Å². The average molecular weight is 419 g/mol. The SMILES string of the molecule is C[N+]1(S)CCC(N=O)CC1.C[N+]1(S)CCC(N=O)CC1.O=S(=O)([O-])[O-]. The first-order valence-electron chi connectivity index (χ1n) is 7.74. The molecule has 10 nitrogen and oxygen atoms in total. The van der Waals surface area contributed by atoms with Gasteiger partial charge in [0.2, 0.25) is 0 Å². The molecule has 2 fully saturated rings. The highest BCUT2D eigenvalue weighted by atomic mass is 32.3. The van der Waals surface area contributed by atoms with Gasteiger partial charge in [-0.15, -0.1) is 0 Å². The third-order valence-corrected chi connectivity index (χ3v) is 4.87. The van der Waals surface area contributed by atoms with Crippen molar-refractivity contribution in [3.05, 3.63) is 9.81 Å². The molecule has 2 aliphatic rings. The lowest BCUT2D eigenvalue weighted by Crippen LogP contribution is -2.42. The number of nitrogens with zero attached hydrogens (tertiary/aromatic N) is 4. The molecule has 0 atom stereocenters. The van der Waals surface area contributed by atoms with E-state index < -0.39 is 10.4 Å². The van der Waals surface area contributed by atoms with Gasteiger partial charge < -0.3 is 9.11 Å². The number of piperidine rings is 2. The number of quaternary nitrogens is 2. The quantitative estimate of drug-likeness (QED) is 0.226. The van der Waals surface area contributed by atoms with Crippen LogP contribution in [0.1, 0.15) is 25.7 Å². The maximum atomic E-state index is 10.1. The van der Waals surface area contributed by atoms with E-state index in [1.165, 1.54) is 0 Å². The van der Waals surface area contributed by atoms with E-state index in [4.69, 9.17) is 17.5 Å². The predicted molar refractivity (Wildman–Crippen MR) is 97.9 cm³/mol. The summed E-state index contributed by atoms with van der Waals surface area (Å²) < 4.78 is 35.6. The molecule has 148 valence electrons. The van der Waals surface area contributed by atoms with Gasteiger partial charge in [-0.05, 0) is 0 Å². The Kier molecular flexibility index (Phi) is 10.6. The first kappa shape index (κ1) is 24.7. The summed E-state index contributed by atoms with van der Waals surface area (Å²) in [5.74, 6) is 0. The number of nitroso groups, excluding NO2 is 2. The van der Waals surface area contributed by atoms with Gasteiger partial charge >= 0.3 is 0 Å². The minimum atomic E-state index is -5.17. The molecule has 0 N–H and O–H groups in total. The summed E-state index contributed by atoms with van der Waals surface area (Å²) >= 11 is 8.78. The Morgan fingerprint density at radius 3 is 1.16 bits per heavy atom. The highest BCUT2D eigenvalue weighted by Gasteiger charge is 2.28. The Hall–Kier alpha value is -0.310. The summed E-state index contributed by atoms with van der Waals surface area (Å²) in [5.41, 5.74) is 0. The fourth-order valence-corrected chi connectivity index (χ4v) is 2.89. The topological polar surface area (TPSA) is 139 Å². The van der Waals surface area contributed by atoms with Gasteiger partial charge in [0.15, 0.2) is 0 Å². The molecule has 0 bridgehead atoms. The van der Waals surface area contributed by atoms with Gasteiger partial charge in [0.25, 0.3) is 0 Å². The van der Waals surface area contributed by atoms with Crippen LogP contribution in [0.25, 0.3) is 0 Å². The van der Waals surface area contributed by atoms with Crippen molar-refractivity contribution in [2.75, 3.05) is 40.3 Å². The molecule has 2 saturated heterocycles. The van der Waals surface area contributed by atoms with E-state index in [2.05, 4.69) is 50.1 Å². The van der Waals surface area contributed by atoms with E-state index in [1.54, 1.807) is 0 Å². The molecule has 0 aromatic rings. The van der Waals surface area contributed by atoms with Crippen molar-refractivity contribution < 1.29 is 25.3 Å². The molecule has 13 heteroatoms. The van der Waals surface area contributed by atoms with Crippen LogP contribution in [0, 0.1) is 9.81 Å². The maximum absolute atomic E-state index is 10.1. The molecule has 0 aliphatic carbocycles. The van der Waals surface area contributed by atoms with Crippen LogP contribution in [-0.4, -0.2) is 77.7 Å². The van der Waals surface area contributed by atoms with E-state index in [0.29, 0.717) is 0 Å². The van der Waals surface area contributed by atoms with Crippen molar-refractivity contribution in [3.8, 4) is 0 Å². The van der Waals surface area contributed by atoms with Crippen LogP contribution in [0.5, 0.6) is 0 Å². The Balaban J connectivity index is 0.000000368. The second kappa shape index (κ2) is 10.7. The van der Waals surface area contributed by atoms with E-state index >= 15 is 0 Å². The molecule has 0 radical (unpaired) electrons. The van der Waals surface area contributed by atoms with Crippen LogP contribution in [0.15, 0.2) is 10.4 Å². The highest BCUT2D eigenvalue weighted by molar-refractivity contribution is 7.79. The molecular formula is C12H26N4O6S3. The molecule has 0 aromatic carbocycles. The Morgan fingerprint density at radius 2 is 1.00 bits per heavy atom. The summed E-state index contributed by atoms with van der Waals surface area (Å²) in [7, 11) is -1.05. The smallest absolute Gasteiger partial charge is 0.103 e. The van der Waals surface area contributed by atoms with Gasteiger partial charge in [-0.1, -0.05) is 10.4 Å². The maximum Gasteiger partial charge on any atom is 0.103 e. The van der Waals surface area contributed by atoms with Gasteiger partial charge in [0, 0.05) is 36.1 Å². The molecular weight excluding hydrogens is 392 g/mol. The van der Waals surface area contributed by atoms with Crippen molar-refractivity contribution in [2.45, 2.75) is 37.8 Å². The zero-order chi connectivity index (χ0) is 19.7. The van der Waals surface area contributed by atoms with Crippen molar-refractivity contribution in [3.63, 3.8) is 0 Å². The third kappa shape index (κ3) is 14.5. The molecule has 2 heterocycles. The number of hydrogen-bond acceptors (Lipinski definition) is 10. The van der Waals surface area contributed by atoms with Crippen molar-refractivity contribution in [1.82, 2.24) is 0 Å². The lowest BCUT2D eigenvalue weighted by molar-refractivity contribution is -0.776. The van der Waals surface area contributed by atoms with E-state index in [0.717, 1.165) is 59.6 Å². The Morgan fingerprint density at radius 1 is 0.800 bits per heavy atom. The van der Waals surface area contributed by atoms with Gasteiger partial charge in [0.05, 0.1) is 65.9 Å². The largest absolute Gasteiger partial charge is 0.759 e. The van der Waals surface area contributed by atoms with Crippen LogP contribution in [0.3, 0.4) is 0 Å². The number of hydrogen-bond donors (Lipinski definition) is 2. The Labute approximate surface area is 159 Å². The minimum absolute atomic E-state index is 0.0540. The second-order valence-electron chi connectivity index (χ2n) is 6.65. The average Bonchev–Trinajstić information content (AvgIpc) is 2.46. The van der Waals surface area contributed by atoms with Crippen LogP contribution in [0.4, 0.5) is 0 Å². The minimum Gasteiger partial charge on any atom is -0.759 e. The van der Waals surface area contributed by atoms with Crippen LogP contribution in [-0.2, 0) is 10.4 Å². The van der Waals surface area contributed by atoms with Gasteiger partial charge in [0.1, 0.15) is 12.1 Å². The molecule has 0 aromatic heterocycles. The third-order valence-electron chi connectivity index (χ3n) is 4.07. The number of thiol groups is 2. The lowest BCUT2D eigenvalue weighted by atomic mass is 10.1. The highest BCUT2D eigenvalue weighted by Crippen LogP contribution is 2.21. The van der Waals surface area contributed by atoms with Crippen LogP contribution >= 0.6 is 25.6 Å². The van der Waals surface area contributed by atoms with Gasteiger partial charge in [-0.25, -0.2) is 0 Å². The molecule has 2 rings (SSSR count). The first-order valence-corrected chi connectivity index (χ1v) is 9.87. The van der Waals surface area contributed by atoms with E-state index in [1.807, 2.05) is 0 Å². The molecule has 25 heavy (non-hydrogen) atoms. The molecule has 0 spiro atoms. The monoisotopic (exact) mass is 418 g/mol. The molecule has 0 amide bonds. The summed E-state index contributed by atoms with van der Waals surface area (Å²) in [6.45, 7) is 3.83. The fourth-order valence-electron chi connectivity index (χ4n) is 2.43. The first-order chi connectivity index (χ1) is 11.3. The van der Waals surface area contributed by atoms with Crippen molar-refractivity contribution in [1.29, 1.82) is 0 Å². The predicted octanol–water partition coefficient (Wildman–Crippen LogP) is 1.08. The summed E-state index contributed by atoms with van der Waals surface area (Å²) in [6, 6.07) is 0.108. The van der Waals surface area contributed by atoms with E-state index in [-0.39, 0.29) is 12.1 Å². The fraction of sp³-hybridized carbons (Fsp3) is 1.00. The Bertz CT molecular complexity index is 469. The van der Waals surface area contributed by atoms with Gasteiger partial charge in [-0.2, -0.15) is 9.81 Å². The summed E-state index contributed by atoms with van der Waals surface area (Å²) in [5, 5.41) is 6.04. The van der Waals surface area contributed by atoms with Crippen LogP contribution < -0.4 is 0 Å². The normalized spacial score (nSPS) is 35.3. The van der Waals surface area contributed by atoms with Gasteiger partial charge in [-0.3, -0.25) is 16.2 Å². The lowest BCUT2D eigenvalue weighted by Gasteiger charge is -2.32. The zero-order valence-corrected chi connectivity index (χ0v) is 17.0. The molecule has 0 unspecified atom stereocenters. The summed E-state index contributed by atoms with van der Waals surface area (Å²) in [6.07, 6.45) is 3.57. The number of likely N-dealkylation sites (tertiary alicyclic amines) is 2. The van der Waals surface area contributed by atoms with Crippen LogP contribution in [0.2, 0.25) is 0 Å². The van der Waals surface area contributed by atoms with Crippen molar-refractivity contribution >= 4 is 36.0 Å². The summed E-state index contributed by atoms with van der Waals surface area (Å²) in [4.78, 5) is 20.2. The van der Waals surface area contributed by atoms with E-state index in [9.17, 15) is 9.81 Å². The number of rotatable bonds is 2.